The molecule has 0 amide bonds. The lowest BCUT2D eigenvalue weighted by molar-refractivity contribution is 0.170. The van der Waals surface area contributed by atoms with Crippen molar-refractivity contribution in [1.29, 1.82) is 0 Å². The quantitative estimate of drug-likeness (QED) is 0.785. The van der Waals surface area contributed by atoms with E-state index in [-0.39, 0.29) is 6.54 Å². The summed E-state index contributed by atoms with van der Waals surface area (Å²) in [4.78, 5) is 0.441. The van der Waals surface area contributed by atoms with Gasteiger partial charge in [-0.05, 0) is 49.3 Å². The molecule has 1 aliphatic rings. The fraction of sp³-hybridized carbons (Fsp3) is 0.625. The highest BCUT2D eigenvalue weighted by atomic mass is 32.2. The van der Waals surface area contributed by atoms with Crippen molar-refractivity contribution in [3.8, 4) is 0 Å². The highest BCUT2D eigenvalue weighted by molar-refractivity contribution is 7.99. The molecule has 1 aromatic carbocycles. The number of hydrogen-bond donors (Lipinski definition) is 2. The molecule has 1 aliphatic carbocycles. The van der Waals surface area contributed by atoms with E-state index in [9.17, 15) is 5.11 Å². The average molecular weight is 291 g/mol. The molecule has 2 nitrogen and oxygen atoms in total. The maximum atomic E-state index is 10.1. The molecule has 1 aromatic rings. The molecule has 19 heavy (non-hydrogen) atoms. The van der Waals surface area contributed by atoms with Crippen LogP contribution in [0.25, 0.3) is 0 Å². The monoisotopic (exact) mass is 290 g/mol. The number of nitrogens with two attached hydrogens (primary N) is 1. The smallest absolute Gasteiger partial charge is 0.0802 e. The second kappa shape index (κ2) is 7.93. The third-order valence-electron chi connectivity index (χ3n) is 2.62. The zero-order valence-corrected chi connectivity index (χ0v) is 11.3. The highest BCUT2D eigenvalue weighted by Crippen LogP contribution is 2.31. The van der Waals surface area contributed by atoms with Crippen LogP contribution in [-0.4, -0.2) is 17.4 Å². The van der Waals surface area contributed by atoms with Gasteiger partial charge >= 0.3 is 0 Å². The number of rotatable bonds is 6. The maximum Gasteiger partial charge on any atom is 0.0802 e. The van der Waals surface area contributed by atoms with Gasteiger partial charge in [0.05, 0.1) is 6.10 Å². The van der Waals surface area contributed by atoms with Gasteiger partial charge in [-0.1, -0.05) is 31.3 Å². The van der Waals surface area contributed by atoms with Crippen molar-refractivity contribution < 1.29 is 20.2 Å². The first-order chi connectivity index (χ1) is 13.4. The molecule has 0 spiro atoms. The van der Waals surface area contributed by atoms with Crippen LogP contribution in [0.3, 0.4) is 0 Å². The lowest BCUT2D eigenvalue weighted by atomic mass is 9.91. The molecule has 0 saturated heterocycles. The maximum absolute atomic E-state index is 10.1. The lowest BCUT2D eigenvalue weighted by Crippen LogP contribution is -2.08. The molecule has 3 N–H and O–H groups in total. The Balaban J connectivity index is 2.46. The molecule has 1 unspecified atom stereocenters. The van der Waals surface area contributed by atoms with Crippen molar-refractivity contribution >= 4 is 11.8 Å². The number of aliphatic hydroxyl groups is 1. The molecule has 1 saturated carbocycles. The van der Waals surface area contributed by atoms with Crippen molar-refractivity contribution in [1.82, 2.24) is 0 Å². The Hall–Kier alpha value is -0.510. The van der Waals surface area contributed by atoms with Gasteiger partial charge in [-0.2, -0.15) is 0 Å². The molecule has 0 heterocycles. The van der Waals surface area contributed by atoms with Crippen LogP contribution in [0, 0.1) is 5.89 Å². The van der Waals surface area contributed by atoms with E-state index < -0.39 is 49.6 Å². The van der Waals surface area contributed by atoms with Gasteiger partial charge < -0.3 is 10.8 Å². The van der Waals surface area contributed by atoms with Gasteiger partial charge in [0, 0.05) is 25.7 Å². The van der Waals surface area contributed by atoms with Crippen LogP contribution in [0.4, 0.5) is 0 Å². The molecule has 1 fully saturated rings. The molecular weight excluding hydrogens is 254 g/mol. The van der Waals surface area contributed by atoms with E-state index in [0.717, 1.165) is 11.8 Å². The van der Waals surface area contributed by atoms with Gasteiger partial charge in [-0.25, -0.2) is 0 Å². The molecule has 0 bridgehead atoms. The van der Waals surface area contributed by atoms with Crippen LogP contribution in [0.5, 0.6) is 0 Å². The van der Waals surface area contributed by atoms with E-state index in [0.29, 0.717) is 16.9 Å². The molecule has 1 atom stereocenters. The molecule has 106 valence electrons. The van der Waals surface area contributed by atoms with Gasteiger partial charge in [-0.15, -0.1) is 11.8 Å². The van der Waals surface area contributed by atoms with Crippen molar-refractivity contribution in [2.45, 2.75) is 49.3 Å². The Morgan fingerprint density at radius 2 is 2.21 bits per heavy atom. The van der Waals surface area contributed by atoms with Crippen molar-refractivity contribution in [2.24, 2.45) is 11.6 Å². The van der Waals surface area contributed by atoms with E-state index in [4.69, 9.17) is 20.8 Å². The number of thioether (sulfide) groups is 1. The molecule has 0 aliphatic heterocycles. The third kappa shape index (κ3) is 4.83. The van der Waals surface area contributed by atoms with Crippen molar-refractivity contribution in [2.75, 3.05) is 12.3 Å². The minimum Gasteiger partial charge on any atom is -0.388 e. The van der Waals surface area contributed by atoms with E-state index in [2.05, 4.69) is 0 Å². The predicted octanol–water partition coefficient (Wildman–Crippen LogP) is 3.74. The summed E-state index contributed by atoms with van der Waals surface area (Å²) < 4.78 is 88.9. The molecule has 0 aromatic heterocycles. The SMILES string of the molecule is [2H]C1([2H])C([2H])([2H])C([2H])([2H])C([2H])(CSc2cccc(C(O)CCN)c2)C([2H])([2H])C1([2H])[2H]. The van der Waals surface area contributed by atoms with Crippen LogP contribution in [0.2, 0.25) is 0 Å². The fourth-order valence-electron chi connectivity index (χ4n) is 1.64. The van der Waals surface area contributed by atoms with Gasteiger partial charge in [0.2, 0.25) is 0 Å². The summed E-state index contributed by atoms with van der Waals surface area (Å²) >= 11 is 0.816. The summed E-state index contributed by atoms with van der Waals surface area (Å²) in [6.45, 7) is 0.251. The Morgan fingerprint density at radius 3 is 2.95 bits per heavy atom. The summed E-state index contributed by atoms with van der Waals surface area (Å²) in [6, 6.07) is 6.40. The van der Waals surface area contributed by atoms with Gasteiger partial charge in [0.1, 0.15) is 0 Å². The van der Waals surface area contributed by atoms with Gasteiger partial charge in [0.15, 0.2) is 0 Å². The van der Waals surface area contributed by atoms with E-state index in [1.54, 1.807) is 24.3 Å². The minimum atomic E-state index is -3.52. The minimum absolute atomic E-state index is 0.251. The number of benzene rings is 1. The molecular formula is C16H25NOS. The van der Waals surface area contributed by atoms with Crippen LogP contribution in [0.1, 0.15) is 65.0 Å². The van der Waals surface area contributed by atoms with Crippen LogP contribution >= 0.6 is 11.8 Å². The zero-order valence-electron chi connectivity index (χ0n) is 21.4. The third-order valence-corrected chi connectivity index (χ3v) is 3.64. The molecule has 0 radical (unpaired) electrons. The number of hydrogen-bond acceptors (Lipinski definition) is 3. The van der Waals surface area contributed by atoms with E-state index in [1.807, 2.05) is 0 Å². The average Bonchev–Trinajstić information content (AvgIpc) is 2.64. The van der Waals surface area contributed by atoms with E-state index in [1.165, 1.54) is 0 Å². The summed E-state index contributed by atoms with van der Waals surface area (Å²) in [5, 5.41) is 10.1. The predicted molar refractivity (Wildman–Crippen MR) is 82.4 cm³/mol. The van der Waals surface area contributed by atoms with Gasteiger partial charge in [-0.3, -0.25) is 0 Å². The van der Waals surface area contributed by atoms with Crippen LogP contribution in [-0.2, 0) is 0 Å². The van der Waals surface area contributed by atoms with Crippen LogP contribution < -0.4 is 5.73 Å². The Morgan fingerprint density at radius 1 is 1.42 bits per heavy atom. The van der Waals surface area contributed by atoms with E-state index >= 15 is 0 Å². The summed E-state index contributed by atoms with van der Waals surface area (Å²) in [5.74, 6) is -3.65. The lowest BCUT2D eigenvalue weighted by Gasteiger charge is -2.21. The first kappa shape index (κ1) is 6.08. The first-order valence-corrected chi connectivity index (χ1v) is 7.02. The summed E-state index contributed by atoms with van der Waals surface area (Å²) in [6.07, 6.45) is -17.7. The van der Waals surface area contributed by atoms with Gasteiger partial charge in [0.25, 0.3) is 0 Å². The Kier molecular flexibility index (Phi) is 2.54. The molecule has 3 heteroatoms. The molecule has 2 rings (SSSR count). The topological polar surface area (TPSA) is 46.2 Å². The summed E-state index contributed by atoms with van der Waals surface area (Å²) in [7, 11) is 0. The first-order valence-electron chi connectivity index (χ1n) is 11.5. The Labute approximate surface area is 136 Å². The normalized spacial score (nSPS) is 41.9. The van der Waals surface area contributed by atoms with Crippen molar-refractivity contribution in [3.63, 3.8) is 0 Å². The second-order valence-electron chi connectivity index (χ2n) is 4.06. The zero-order chi connectivity index (χ0) is 23.4. The summed E-state index contributed by atoms with van der Waals surface area (Å²) in [5.41, 5.74) is 5.95. The largest absolute Gasteiger partial charge is 0.388 e. The Bertz CT molecular complexity index is 756. The van der Waals surface area contributed by atoms with Crippen molar-refractivity contribution in [3.05, 3.63) is 29.8 Å². The second-order valence-corrected chi connectivity index (χ2v) is 5.11. The fourth-order valence-corrected chi connectivity index (χ4v) is 2.49. The standard InChI is InChI=1S/C16H25NOS/c17-10-9-16(18)14-7-4-8-15(11-14)19-12-13-5-2-1-3-6-13/h4,7-8,11,13,16,18H,1-3,5-6,9-10,12,17H2/i1D2,2D2,3D2,5D2,6D2,13D. The highest BCUT2D eigenvalue weighted by Gasteiger charge is 2.14. The number of aliphatic hydroxyl groups excluding tert-OH is 1. The van der Waals surface area contributed by atoms with Crippen LogP contribution in [0.15, 0.2) is 29.2 Å².